The topological polar surface area (TPSA) is 69.0 Å². The fraction of sp³-hybridized carbons (Fsp3) is 0.211. The molecule has 1 aromatic carbocycles. The first kappa shape index (κ1) is 17.6. The molecule has 0 aliphatic rings. The number of nitrogens with zero attached hydrogens (tertiary/aromatic N) is 3. The first-order valence-electron chi connectivity index (χ1n) is 8.07. The minimum absolute atomic E-state index is 0.137. The van der Waals surface area contributed by atoms with Crippen LogP contribution in [0.3, 0.4) is 0 Å². The van der Waals surface area contributed by atoms with E-state index in [9.17, 15) is 9.18 Å². The molecule has 6 nitrogen and oxygen atoms in total. The van der Waals surface area contributed by atoms with Gasteiger partial charge in [-0.25, -0.2) is 4.39 Å². The van der Waals surface area contributed by atoms with Crippen LogP contribution < -0.4 is 15.6 Å². The Morgan fingerprint density at radius 3 is 2.73 bits per heavy atom. The van der Waals surface area contributed by atoms with Crippen molar-refractivity contribution in [3.05, 3.63) is 75.7 Å². The van der Waals surface area contributed by atoms with Gasteiger partial charge in [0.25, 0.3) is 0 Å². The zero-order chi connectivity index (χ0) is 18.7. The van der Waals surface area contributed by atoms with Crippen molar-refractivity contribution in [2.75, 3.05) is 12.4 Å². The monoisotopic (exact) mass is 354 g/mol. The fourth-order valence-corrected chi connectivity index (χ4v) is 2.54. The van der Waals surface area contributed by atoms with Crippen molar-refractivity contribution in [3.63, 3.8) is 0 Å². The second-order valence-corrected chi connectivity index (χ2v) is 5.93. The fourth-order valence-electron chi connectivity index (χ4n) is 2.54. The third kappa shape index (κ3) is 3.72. The second-order valence-electron chi connectivity index (χ2n) is 5.93. The molecule has 3 aromatic rings. The zero-order valence-corrected chi connectivity index (χ0v) is 14.8. The number of hydrogen-bond acceptors (Lipinski definition) is 5. The molecule has 0 radical (unpaired) electrons. The Morgan fingerprint density at radius 2 is 2.04 bits per heavy atom. The highest BCUT2D eigenvalue weighted by Crippen LogP contribution is 2.23. The Labute approximate surface area is 150 Å². The van der Waals surface area contributed by atoms with Gasteiger partial charge in [0, 0.05) is 11.9 Å². The molecular formula is C19H19FN4O2. The molecule has 0 aliphatic heterocycles. The smallest absolute Gasteiger partial charge is 0.316 e. The number of ether oxygens (including phenoxy) is 1. The number of aryl methyl sites for hydroxylation is 2. The number of anilines is 2. The quantitative estimate of drug-likeness (QED) is 0.762. The maximum absolute atomic E-state index is 13.7. The molecule has 0 bridgehead atoms. The SMILES string of the molecule is COc1cn(Cc2ccccn2)c(Nc2cc(C)c(F)cc2C)nc1=O. The van der Waals surface area contributed by atoms with Gasteiger partial charge in [0.15, 0.2) is 0 Å². The van der Waals surface area contributed by atoms with Crippen LogP contribution >= 0.6 is 0 Å². The summed E-state index contributed by atoms with van der Waals surface area (Å²) in [4.78, 5) is 20.5. The Hall–Kier alpha value is -3.22. The standard InChI is InChI=1S/C19H19FN4O2/c1-12-9-16(13(2)8-15(12)20)22-19-23-18(25)17(26-3)11-24(19)10-14-6-4-5-7-21-14/h4-9,11H,10H2,1-3H3,(H,22,23,25). The molecule has 0 unspecified atom stereocenters. The highest BCUT2D eigenvalue weighted by atomic mass is 19.1. The van der Waals surface area contributed by atoms with Gasteiger partial charge >= 0.3 is 5.56 Å². The number of nitrogens with one attached hydrogen (secondary N) is 1. The Kier molecular flexibility index (Phi) is 4.97. The normalized spacial score (nSPS) is 10.6. The molecule has 7 heteroatoms. The molecule has 0 amide bonds. The van der Waals surface area contributed by atoms with Gasteiger partial charge in [0.05, 0.1) is 25.5 Å². The molecule has 2 heterocycles. The Morgan fingerprint density at radius 1 is 1.23 bits per heavy atom. The van der Waals surface area contributed by atoms with Gasteiger partial charge in [0.2, 0.25) is 11.7 Å². The van der Waals surface area contributed by atoms with Crippen LogP contribution in [-0.4, -0.2) is 21.6 Å². The molecule has 0 saturated heterocycles. The number of pyridine rings is 1. The van der Waals surface area contributed by atoms with Crippen LogP contribution in [0.5, 0.6) is 5.75 Å². The van der Waals surface area contributed by atoms with Gasteiger partial charge in [-0.15, -0.1) is 0 Å². The van der Waals surface area contributed by atoms with Crippen molar-refractivity contribution in [1.29, 1.82) is 0 Å². The average molecular weight is 354 g/mol. The number of methoxy groups -OCH3 is 1. The summed E-state index contributed by atoms with van der Waals surface area (Å²) in [5.74, 6) is 0.190. The molecule has 0 aliphatic carbocycles. The summed E-state index contributed by atoms with van der Waals surface area (Å²) in [5.41, 5.74) is 2.21. The predicted molar refractivity (Wildman–Crippen MR) is 97.5 cm³/mol. The molecule has 134 valence electrons. The van der Waals surface area contributed by atoms with Gasteiger partial charge in [0.1, 0.15) is 5.82 Å². The van der Waals surface area contributed by atoms with E-state index in [4.69, 9.17) is 4.74 Å². The third-order valence-electron chi connectivity index (χ3n) is 3.99. The number of rotatable bonds is 5. The molecule has 1 N–H and O–H groups in total. The summed E-state index contributed by atoms with van der Waals surface area (Å²) < 4.78 is 20.5. The minimum atomic E-state index is -0.483. The largest absolute Gasteiger partial charge is 0.490 e. The molecule has 0 atom stereocenters. The van der Waals surface area contributed by atoms with Crippen molar-refractivity contribution in [2.24, 2.45) is 0 Å². The summed E-state index contributed by atoms with van der Waals surface area (Å²) in [6.07, 6.45) is 3.28. The van der Waals surface area contributed by atoms with Gasteiger partial charge < -0.3 is 14.6 Å². The van der Waals surface area contributed by atoms with E-state index in [1.165, 1.54) is 13.2 Å². The highest BCUT2D eigenvalue weighted by Gasteiger charge is 2.12. The van der Waals surface area contributed by atoms with Crippen molar-refractivity contribution in [3.8, 4) is 5.75 Å². The first-order chi connectivity index (χ1) is 12.5. The lowest BCUT2D eigenvalue weighted by molar-refractivity contribution is 0.402. The van der Waals surface area contributed by atoms with Gasteiger partial charge in [-0.2, -0.15) is 4.98 Å². The number of hydrogen-bond donors (Lipinski definition) is 1. The Balaban J connectivity index is 2.04. The van der Waals surface area contributed by atoms with Crippen LogP contribution in [0.4, 0.5) is 16.0 Å². The lowest BCUT2D eigenvalue weighted by Crippen LogP contribution is -2.19. The third-order valence-corrected chi connectivity index (χ3v) is 3.99. The summed E-state index contributed by atoms with van der Waals surface area (Å²) >= 11 is 0. The van der Waals surface area contributed by atoms with E-state index < -0.39 is 5.56 Å². The number of benzene rings is 1. The summed E-state index contributed by atoms with van der Waals surface area (Å²) in [5, 5.41) is 3.12. The van der Waals surface area contributed by atoms with Crippen molar-refractivity contribution in [1.82, 2.24) is 14.5 Å². The van der Waals surface area contributed by atoms with Gasteiger partial charge in [-0.3, -0.25) is 9.78 Å². The second kappa shape index (κ2) is 7.35. The summed E-state index contributed by atoms with van der Waals surface area (Å²) in [6.45, 7) is 3.87. The van der Waals surface area contributed by atoms with Gasteiger partial charge in [-0.05, 0) is 49.2 Å². The van der Waals surface area contributed by atoms with E-state index >= 15 is 0 Å². The molecular weight excluding hydrogens is 335 g/mol. The van der Waals surface area contributed by atoms with E-state index in [1.807, 2.05) is 18.2 Å². The van der Waals surface area contributed by atoms with Crippen molar-refractivity contribution < 1.29 is 9.13 Å². The lowest BCUT2D eigenvalue weighted by Gasteiger charge is -2.16. The maximum atomic E-state index is 13.7. The van der Waals surface area contributed by atoms with Crippen molar-refractivity contribution >= 4 is 11.6 Å². The molecule has 26 heavy (non-hydrogen) atoms. The minimum Gasteiger partial charge on any atom is -0.490 e. The van der Waals surface area contributed by atoms with E-state index in [0.717, 1.165) is 5.69 Å². The maximum Gasteiger partial charge on any atom is 0.316 e. The van der Waals surface area contributed by atoms with Crippen LogP contribution in [0, 0.1) is 19.7 Å². The molecule has 0 saturated carbocycles. The molecule has 0 fully saturated rings. The molecule has 0 spiro atoms. The van der Waals surface area contributed by atoms with Crippen LogP contribution in [0.25, 0.3) is 0 Å². The number of halogens is 1. The first-order valence-corrected chi connectivity index (χ1v) is 8.07. The van der Waals surface area contributed by atoms with Crippen LogP contribution in [-0.2, 0) is 6.54 Å². The molecule has 3 rings (SSSR count). The number of aromatic nitrogens is 3. The Bertz CT molecular complexity index is 987. The summed E-state index contributed by atoms with van der Waals surface area (Å²) in [7, 11) is 1.42. The molecule has 2 aromatic heterocycles. The van der Waals surface area contributed by atoms with Crippen LogP contribution in [0.1, 0.15) is 16.8 Å². The van der Waals surface area contributed by atoms with Crippen LogP contribution in [0.15, 0.2) is 47.5 Å². The highest BCUT2D eigenvalue weighted by molar-refractivity contribution is 5.60. The zero-order valence-electron chi connectivity index (χ0n) is 14.8. The van der Waals surface area contributed by atoms with E-state index in [1.54, 1.807) is 36.9 Å². The van der Waals surface area contributed by atoms with Gasteiger partial charge in [-0.1, -0.05) is 6.07 Å². The lowest BCUT2D eigenvalue weighted by atomic mass is 10.1. The predicted octanol–water partition coefficient (Wildman–Crippen LogP) is 3.19. The van der Waals surface area contributed by atoms with E-state index in [0.29, 0.717) is 29.3 Å². The van der Waals surface area contributed by atoms with Crippen LogP contribution in [0.2, 0.25) is 0 Å². The van der Waals surface area contributed by atoms with Crippen molar-refractivity contribution in [2.45, 2.75) is 20.4 Å². The van der Waals surface area contributed by atoms with E-state index in [-0.39, 0.29) is 11.6 Å². The van der Waals surface area contributed by atoms with E-state index in [2.05, 4.69) is 15.3 Å². The average Bonchev–Trinajstić information content (AvgIpc) is 2.62. The summed E-state index contributed by atoms with van der Waals surface area (Å²) in [6, 6.07) is 8.73.